The van der Waals surface area contributed by atoms with Gasteiger partial charge in [0.2, 0.25) is 0 Å². The highest BCUT2D eigenvalue weighted by molar-refractivity contribution is 6.31. The maximum atomic E-state index is 12.3. The Hall–Kier alpha value is -2.44. The molecule has 0 aliphatic rings. The van der Waals surface area contributed by atoms with E-state index >= 15 is 0 Å². The fourth-order valence-corrected chi connectivity index (χ4v) is 2.30. The summed E-state index contributed by atoms with van der Waals surface area (Å²) in [4.78, 5) is 30.4. The highest BCUT2D eigenvalue weighted by Crippen LogP contribution is 2.14. The monoisotopic (exact) mass is 360 g/mol. The van der Waals surface area contributed by atoms with E-state index < -0.39 is 0 Å². The first-order valence-corrected chi connectivity index (χ1v) is 8.26. The summed E-state index contributed by atoms with van der Waals surface area (Å²) in [6.45, 7) is 1.56. The van der Waals surface area contributed by atoms with Crippen molar-refractivity contribution in [2.75, 3.05) is 27.2 Å². The Balaban J connectivity index is 1.96. The van der Waals surface area contributed by atoms with E-state index in [9.17, 15) is 9.59 Å². The Bertz CT molecular complexity index is 749. The third-order valence-electron chi connectivity index (χ3n) is 3.50. The molecule has 2 N–H and O–H groups in total. The second-order valence-corrected chi connectivity index (χ2v) is 6.17. The van der Waals surface area contributed by atoms with E-state index in [1.807, 2.05) is 37.2 Å². The molecule has 2 rings (SSSR count). The van der Waals surface area contributed by atoms with Gasteiger partial charge in [-0.15, -0.1) is 0 Å². The molecule has 6 nitrogen and oxygen atoms in total. The number of benzene rings is 1. The van der Waals surface area contributed by atoms with E-state index in [-0.39, 0.29) is 17.5 Å². The van der Waals surface area contributed by atoms with Crippen molar-refractivity contribution in [3.63, 3.8) is 0 Å². The van der Waals surface area contributed by atoms with Gasteiger partial charge in [-0.05, 0) is 37.9 Å². The number of carbonyl (C=O) groups excluding carboxylic acids is 2. The van der Waals surface area contributed by atoms with Crippen molar-refractivity contribution >= 4 is 23.4 Å². The van der Waals surface area contributed by atoms with Crippen LogP contribution >= 0.6 is 11.6 Å². The van der Waals surface area contributed by atoms with E-state index in [0.717, 1.165) is 12.1 Å². The maximum absolute atomic E-state index is 12.3. The lowest BCUT2D eigenvalue weighted by Gasteiger charge is -2.11. The number of hydrogen-bond acceptors (Lipinski definition) is 4. The molecule has 1 aromatic heterocycles. The van der Waals surface area contributed by atoms with Gasteiger partial charge >= 0.3 is 0 Å². The van der Waals surface area contributed by atoms with Crippen LogP contribution in [0.1, 0.15) is 26.4 Å². The minimum Gasteiger partial charge on any atom is -0.351 e. The summed E-state index contributed by atoms with van der Waals surface area (Å²) in [7, 11) is 3.86. The van der Waals surface area contributed by atoms with Crippen LogP contribution in [-0.4, -0.2) is 48.9 Å². The largest absolute Gasteiger partial charge is 0.351 e. The smallest absolute Gasteiger partial charge is 0.270 e. The molecule has 2 aromatic rings. The fourth-order valence-electron chi connectivity index (χ4n) is 2.10. The van der Waals surface area contributed by atoms with Crippen molar-refractivity contribution in [2.24, 2.45) is 0 Å². The summed E-state index contributed by atoms with van der Waals surface area (Å²) >= 11 is 6.07. The van der Waals surface area contributed by atoms with Crippen LogP contribution in [0.4, 0.5) is 0 Å². The zero-order valence-electron chi connectivity index (χ0n) is 14.3. The van der Waals surface area contributed by atoms with E-state index in [4.69, 9.17) is 11.6 Å². The van der Waals surface area contributed by atoms with Crippen LogP contribution in [0.3, 0.4) is 0 Å². The molecular formula is C18H21ClN4O2. The lowest BCUT2D eigenvalue weighted by Crippen LogP contribution is -2.31. The maximum Gasteiger partial charge on any atom is 0.270 e. The molecule has 0 bridgehead atoms. The van der Waals surface area contributed by atoms with E-state index in [0.29, 0.717) is 23.7 Å². The molecule has 0 fully saturated rings. The third-order valence-corrected chi connectivity index (χ3v) is 3.87. The molecule has 0 saturated heterocycles. The van der Waals surface area contributed by atoms with Gasteiger partial charge in [-0.2, -0.15) is 0 Å². The second kappa shape index (κ2) is 9.15. The molecule has 1 heterocycles. The van der Waals surface area contributed by atoms with Crippen molar-refractivity contribution in [2.45, 2.75) is 6.54 Å². The minimum atomic E-state index is -0.358. The summed E-state index contributed by atoms with van der Waals surface area (Å²) in [6.07, 6.45) is 1.45. The average Bonchev–Trinajstić information content (AvgIpc) is 2.60. The number of carbonyl (C=O) groups is 2. The zero-order valence-corrected chi connectivity index (χ0v) is 15.0. The average molecular weight is 361 g/mol. The first-order chi connectivity index (χ1) is 12.0. The van der Waals surface area contributed by atoms with Crippen molar-refractivity contribution in [1.82, 2.24) is 20.5 Å². The topological polar surface area (TPSA) is 74.3 Å². The van der Waals surface area contributed by atoms with E-state index in [2.05, 4.69) is 15.6 Å². The molecule has 1 aromatic carbocycles. The molecule has 7 heteroatoms. The molecule has 2 amide bonds. The lowest BCUT2D eigenvalue weighted by atomic mass is 10.2. The van der Waals surface area contributed by atoms with Crippen molar-refractivity contribution in [3.05, 3.63) is 64.4 Å². The molecule has 0 spiro atoms. The SMILES string of the molecule is CN(C)CCNC(=O)c1ccnc(C(=O)NCc2ccccc2Cl)c1. The highest BCUT2D eigenvalue weighted by Gasteiger charge is 2.12. The van der Waals surface area contributed by atoms with Crippen LogP contribution in [0, 0.1) is 0 Å². The Morgan fingerprint density at radius 3 is 2.60 bits per heavy atom. The van der Waals surface area contributed by atoms with Gasteiger partial charge in [-0.1, -0.05) is 29.8 Å². The van der Waals surface area contributed by atoms with Gasteiger partial charge in [-0.25, -0.2) is 0 Å². The molecular weight excluding hydrogens is 340 g/mol. The second-order valence-electron chi connectivity index (χ2n) is 5.76. The number of nitrogens with one attached hydrogen (secondary N) is 2. The number of hydrogen-bond donors (Lipinski definition) is 2. The Labute approximate surface area is 152 Å². The normalized spacial score (nSPS) is 10.6. The predicted molar refractivity (Wildman–Crippen MR) is 97.7 cm³/mol. The summed E-state index contributed by atoms with van der Waals surface area (Å²) in [6, 6.07) is 10.3. The fraction of sp³-hybridized carbons (Fsp3) is 0.278. The van der Waals surface area contributed by atoms with Gasteiger partial charge in [0.05, 0.1) is 0 Å². The minimum absolute atomic E-state index is 0.187. The predicted octanol–water partition coefficient (Wildman–Crippen LogP) is 1.96. The number of halogens is 1. The molecule has 0 aliphatic carbocycles. The van der Waals surface area contributed by atoms with Gasteiger partial charge in [0.15, 0.2) is 0 Å². The summed E-state index contributed by atoms with van der Waals surface area (Å²) < 4.78 is 0. The van der Waals surface area contributed by atoms with Crippen molar-refractivity contribution in [1.29, 1.82) is 0 Å². The Kier molecular flexibility index (Phi) is 6.91. The molecule has 0 unspecified atom stereocenters. The Morgan fingerprint density at radius 1 is 1.12 bits per heavy atom. The van der Waals surface area contributed by atoms with Crippen LogP contribution in [-0.2, 0) is 6.54 Å². The van der Waals surface area contributed by atoms with Crippen LogP contribution in [0.25, 0.3) is 0 Å². The van der Waals surface area contributed by atoms with Gasteiger partial charge < -0.3 is 15.5 Å². The number of amides is 2. The number of aromatic nitrogens is 1. The van der Waals surface area contributed by atoms with Crippen LogP contribution in [0.15, 0.2) is 42.6 Å². The number of likely N-dealkylation sites (N-methyl/N-ethyl adjacent to an activating group) is 1. The molecule has 0 atom stereocenters. The standard InChI is InChI=1S/C18H21ClN4O2/c1-23(2)10-9-21-17(24)13-7-8-20-16(11-13)18(25)22-12-14-5-3-4-6-15(14)19/h3-8,11H,9-10,12H2,1-2H3,(H,21,24)(H,22,25). The zero-order chi connectivity index (χ0) is 18.2. The summed E-state index contributed by atoms with van der Waals surface area (Å²) in [5, 5.41) is 6.15. The van der Waals surface area contributed by atoms with Gasteiger partial charge in [0.1, 0.15) is 5.69 Å². The van der Waals surface area contributed by atoms with Crippen molar-refractivity contribution < 1.29 is 9.59 Å². The number of rotatable bonds is 7. The highest BCUT2D eigenvalue weighted by atomic mass is 35.5. The van der Waals surface area contributed by atoms with Crippen LogP contribution in [0.2, 0.25) is 5.02 Å². The Morgan fingerprint density at radius 2 is 1.88 bits per heavy atom. The molecule has 132 valence electrons. The van der Waals surface area contributed by atoms with Crippen LogP contribution < -0.4 is 10.6 Å². The van der Waals surface area contributed by atoms with Crippen LogP contribution in [0.5, 0.6) is 0 Å². The van der Waals surface area contributed by atoms with Gasteiger partial charge in [-0.3, -0.25) is 14.6 Å². The summed E-state index contributed by atoms with van der Waals surface area (Å²) in [5.41, 5.74) is 1.40. The molecule has 25 heavy (non-hydrogen) atoms. The number of pyridine rings is 1. The van der Waals surface area contributed by atoms with Gasteiger partial charge in [0.25, 0.3) is 11.8 Å². The van der Waals surface area contributed by atoms with Gasteiger partial charge in [0, 0.05) is 36.4 Å². The first kappa shape index (κ1) is 18.9. The molecule has 0 saturated carbocycles. The van der Waals surface area contributed by atoms with Crippen molar-refractivity contribution in [3.8, 4) is 0 Å². The summed E-state index contributed by atoms with van der Waals surface area (Å²) in [5.74, 6) is -0.590. The molecule has 0 aliphatic heterocycles. The van der Waals surface area contributed by atoms with E-state index in [1.165, 1.54) is 12.3 Å². The molecule has 0 radical (unpaired) electrons. The first-order valence-electron chi connectivity index (χ1n) is 7.88. The third kappa shape index (κ3) is 5.85. The quantitative estimate of drug-likeness (QED) is 0.791. The number of nitrogens with zero attached hydrogens (tertiary/aromatic N) is 2. The lowest BCUT2D eigenvalue weighted by molar-refractivity contribution is 0.0946. The van der Waals surface area contributed by atoms with E-state index in [1.54, 1.807) is 12.1 Å².